The lowest BCUT2D eigenvalue weighted by molar-refractivity contribution is 0.0696. The van der Waals surface area contributed by atoms with Crippen LogP contribution in [0.4, 0.5) is 11.4 Å². The number of sulfone groups is 1. The first-order valence-corrected chi connectivity index (χ1v) is 10.6. The number of phenolic OH excluding ortho intramolecular Hbond substituents is 2. The summed E-state index contributed by atoms with van der Waals surface area (Å²) in [7, 11) is -8.67. The maximum absolute atomic E-state index is 12.1. The summed E-state index contributed by atoms with van der Waals surface area (Å²) in [5.74, 6) is -3.27. The number of nitrogens with zero attached hydrogens (tertiary/aromatic N) is 2. The third-order valence-corrected chi connectivity index (χ3v) is 5.51. The average Bonchev–Trinajstić information content (AvgIpc) is 2.59. The second kappa shape index (κ2) is 8.52. The van der Waals surface area contributed by atoms with Crippen molar-refractivity contribution in [2.75, 3.05) is 12.4 Å². The van der Waals surface area contributed by atoms with Gasteiger partial charge < -0.3 is 15.3 Å². The molecule has 0 aliphatic carbocycles. The summed E-state index contributed by atoms with van der Waals surface area (Å²) < 4.78 is 57.4. The molecule has 0 saturated carbocycles. The third kappa shape index (κ3) is 6.21. The number of benzene rings is 2. The van der Waals surface area contributed by atoms with Gasteiger partial charge in [0.1, 0.15) is 17.2 Å². The van der Waals surface area contributed by atoms with E-state index in [9.17, 15) is 31.8 Å². The molecule has 12 nitrogen and oxygen atoms in total. The van der Waals surface area contributed by atoms with Crippen LogP contribution in [0.2, 0.25) is 0 Å². The number of phenols is 2. The fourth-order valence-electron chi connectivity index (χ4n) is 2.07. The number of aromatic carboxylic acids is 1. The molecule has 0 radical (unpaired) electrons. The molecular formula is C15H14N2O10S2. The molecule has 0 heterocycles. The van der Waals surface area contributed by atoms with Crippen LogP contribution in [-0.4, -0.2) is 55.0 Å². The van der Waals surface area contributed by atoms with Crippen LogP contribution in [0.5, 0.6) is 11.5 Å². The van der Waals surface area contributed by atoms with Crippen LogP contribution in [0.25, 0.3) is 0 Å². The Morgan fingerprint density at radius 3 is 2.17 bits per heavy atom. The molecule has 0 unspecified atom stereocenters. The molecule has 29 heavy (non-hydrogen) atoms. The lowest BCUT2D eigenvalue weighted by Crippen LogP contribution is -2.15. The smallest absolute Gasteiger partial charge is 0.397 e. The molecule has 0 aliphatic rings. The van der Waals surface area contributed by atoms with E-state index in [0.717, 1.165) is 24.3 Å². The minimum absolute atomic E-state index is 0.113. The van der Waals surface area contributed by atoms with E-state index in [4.69, 9.17) is 9.66 Å². The number of carboxylic acids is 1. The van der Waals surface area contributed by atoms with Crippen LogP contribution >= 0.6 is 0 Å². The van der Waals surface area contributed by atoms with Gasteiger partial charge in [0.05, 0.1) is 28.5 Å². The highest BCUT2D eigenvalue weighted by molar-refractivity contribution is 7.91. The van der Waals surface area contributed by atoms with Gasteiger partial charge in [-0.1, -0.05) is 0 Å². The Labute approximate surface area is 164 Å². The average molecular weight is 446 g/mol. The highest BCUT2D eigenvalue weighted by Crippen LogP contribution is 2.35. The Morgan fingerprint density at radius 1 is 1.00 bits per heavy atom. The Morgan fingerprint density at radius 2 is 1.62 bits per heavy atom. The SMILES string of the molecule is O=C(O)c1cc(O)cc(O)c1N=Nc1ccc(S(=O)(=O)CCOS(=O)(=O)O)cc1. The summed E-state index contributed by atoms with van der Waals surface area (Å²) in [6.07, 6.45) is 0. The second-order valence-corrected chi connectivity index (χ2v) is 8.63. The highest BCUT2D eigenvalue weighted by atomic mass is 32.3. The normalized spacial score (nSPS) is 12.3. The maximum atomic E-state index is 12.1. The molecular weight excluding hydrogens is 432 g/mol. The summed E-state index contributed by atoms with van der Waals surface area (Å²) in [5.41, 5.74) is -0.791. The molecule has 14 heteroatoms. The molecule has 2 aromatic rings. The number of carboxylic acid groups (broad SMARTS) is 1. The van der Waals surface area contributed by atoms with Gasteiger partial charge in [-0.05, 0) is 30.3 Å². The van der Waals surface area contributed by atoms with Crippen LogP contribution in [0.1, 0.15) is 10.4 Å². The summed E-state index contributed by atoms with van der Waals surface area (Å²) in [6, 6.07) is 6.51. The summed E-state index contributed by atoms with van der Waals surface area (Å²) in [6.45, 7) is -0.777. The van der Waals surface area contributed by atoms with Crippen molar-refractivity contribution in [1.82, 2.24) is 0 Å². The van der Waals surface area contributed by atoms with E-state index in [1.807, 2.05) is 0 Å². The van der Waals surface area contributed by atoms with E-state index >= 15 is 0 Å². The quantitative estimate of drug-likeness (QED) is 0.342. The van der Waals surface area contributed by atoms with Gasteiger partial charge >= 0.3 is 16.4 Å². The summed E-state index contributed by atoms with van der Waals surface area (Å²) in [5, 5.41) is 35.6. The molecule has 0 amide bonds. The fourth-order valence-corrected chi connectivity index (χ4v) is 3.56. The van der Waals surface area contributed by atoms with E-state index in [1.54, 1.807) is 0 Å². The first-order valence-electron chi connectivity index (χ1n) is 7.55. The van der Waals surface area contributed by atoms with Crippen molar-refractivity contribution in [2.45, 2.75) is 4.90 Å². The molecule has 0 bridgehead atoms. The van der Waals surface area contributed by atoms with E-state index in [1.165, 1.54) is 12.1 Å². The lowest BCUT2D eigenvalue weighted by atomic mass is 10.1. The molecule has 0 spiro atoms. The Bertz CT molecular complexity index is 1160. The predicted molar refractivity (Wildman–Crippen MR) is 96.9 cm³/mol. The number of aromatic hydroxyl groups is 2. The Balaban J connectivity index is 2.21. The van der Waals surface area contributed by atoms with Gasteiger partial charge in [-0.2, -0.15) is 13.5 Å². The zero-order valence-corrected chi connectivity index (χ0v) is 16.0. The van der Waals surface area contributed by atoms with Crippen molar-refractivity contribution in [1.29, 1.82) is 0 Å². The fraction of sp³-hybridized carbons (Fsp3) is 0.133. The first kappa shape index (κ1) is 22.2. The van der Waals surface area contributed by atoms with Gasteiger partial charge in [0, 0.05) is 6.07 Å². The number of hydrogen-bond donors (Lipinski definition) is 4. The molecule has 0 saturated heterocycles. The molecule has 156 valence electrons. The Kier molecular flexibility index (Phi) is 6.53. The van der Waals surface area contributed by atoms with Crippen molar-refractivity contribution in [3.8, 4) is 11.5 Å². The highest BCUT2D eigenvalue weighted by Gasteiger charge is 2.17. The monoisotopic (exact) mass is 446 g/mol. The van der Waals surface area contributed by atoms with E-state index < -0.39 is 61.3 Å². The van der Waals surface area contributed by atoms with Crippen molar-refractivity contribution < 1.29 is 45.7 Å². The number of carbonyl (C=O) groups is 1. The lowest BCUT2D eigenvalue weighted by Gasteiger charge is -2.05. The summed E-state index contributed by atoms with van der Waals surface area (Å²) in [4.78, 5) is 11.0. The molecule has 4 N–H and O–H groups in total. The van der Waals surface area contributed by atoms with E-state index in [0.29, 0.717) is 0 Å². The molecule has 2 aromatic carbocycles. The number of azo groups is 1. The topological polar surface area (TPSA) is 200 Å². The molecule has 2 rings (SSSR count). The van der Waals surface area contributed by atoms with Gasteiger partial charge in [0.2, 0.25) is 0 Å². The van der Waals surface area contributed by atoms with Crippen molar-refractivity contribution in [3.05, 3.63) is 42.0 Å². The van der Waals surface area contributed by atoms with Crippen molar-refractivity contribution >= 4 is 37.6 Å². The second-order valence-electron chi connectivity index (χ2n) is 5.43. The van der Waals surface area contributed by atoms with E-state index in [2.05, 4.69) is 14.4 Å². The zero-order valence-electron chi connectivity index (χ0n) is 14.3. The first-order chi connectivity index (χ1) is 13.4. The van der Waals surface area contributed by atoms with Gasteiger partial charge in [0.25, 0.3) is 0 Å². The van der Waals surface area contributed by atoms with Gasteiger partial charge in [0.15, 0.2) is 9.84 Å². The van der Waals surface area contributed by atoms with E-state index in [-0.39, 0.29) is 10.6 Å². The molecule has 0 fully saturated rings. The largest absolute Gasteiger partial charge is 0.508 e. The predicted octanol–water partition coefficient (Wildman–Crippen LogP) is 1.80. The van der Waals surface area contributed by atoms with Crippen LogP contribution in [0, 0.1) is 0 Å². The van der Waals surface area contributed by atoms with Crippen LogP contribution in [0.3, 0.4) is 0 Å². The van der Waals surface area contributed by atoms with Gasteiger partial charge in [-0.25, -0.2) is 17.4 Å². The molecule has 0 aliphatic heterocycles. The van der Waals surface area contributed by atoms with Crippen LogP contribution in [0.15, 0.2) is 51.5 Å². The Hall–Kier alpha value is -3.07. The standard InChI is InChI=1S/C15H14N2O10S2/c18-10-7-12(15(20)21)14(13(19)8-10)17-16-9-1-3-11(4-2-9)28(22,23)6-5-27-29(24,25)26/h1-4,7-8,18-19H,5-6H2,(H,20,21)(H,24,25,26). The number of rotatable bonds is 8. The molecule has 0 atom stereocenters. The van der Waals surface area contributed by atoms with Crippen LogP contribution < -0.4 is 0 Å². The minimum Gasteiger partial charge on any atom is -0.508 e. The maximum Gasteiger partial charge on any atom is 0.397 e. The van der Waals surface area contributed by atoms with Gasteiger partial charge in [-0.15, -0.1) is 5.11 Å². The van der Waals surface area contributed by atoms with Crippen LogP contribution in [-0.2, 0) is 24.4 Å². The van der Waals surface area contributed by atoms with Crippen molar-refractivity contribution in [3.63, 3.8) is 0 Å². The third-order valence-electron chi connectivity index (χ3n) is 3.35. The van der Waals surface area contributed by atoms with Crippen molar-refractivity contribution in [2.24, 2.45) is 10.2 Å². The summed E-state index contributed by atoms with van der Waals surface area (Å²) >= 11 is 0. The molecule has 0 aromatic heterocycles. The van der Waals surface area contributed by atoms with Gasteiger partial charge in [-0.3, -0.25) is 4.55 Å². The zero-order chi connectivity index (χ0) is 21.8. The minimum atomic E-state index is -4.75. The number of hydrogen-bond acceptors (Lipinski definition) is 10.